The minimum atomic E-state index is -0.446. The van der Waals surface area contributed by atoms with Gasteiger partial charge in [-0.3, -0.25) is 5.10 Å². The second-order valence-corrected chi connectivity index (χ2v) is 8.87. The molecule has 1 aromatic heterocycles. The number of hydrogen-bond donors (Lipinski definition) is 2. The Balaban J connectivity index is 1.57. The summed E-state index contributed by atoms with van der Waals surface area (Å²) < 4.78 is 22.3. The predicted octanol–water partition coefficient (Wildman–Crippen LogP) is 4.34. The van der Waals surface area contributed by atoms with Gasteiger partial charge in [0.2, 0.25) is 11.8 Å². The van der Waals surface area contributed by atoms with Crippen LogP contribution in [0.1, 0.15) is 52.5 Å². The van der Waals surface area contributed by atoms with Crippen molar-refractivity contribution in [2.45, 2.75) is 33.3 Å². The summed E-state index contributed by atoms with van der Waals surface area (Å²) in [4.78, 5) is 12.1. The molecule has 0 saturated carbocycles. The Kier molecular flexibility index (Phi) is 7.15. The van der Waals surface area contributed by atoms with E-state index in [1.807, 2.05) is 39.0 Å². The van der Waals surface area contributed by atoms with Gasteiger partial charge in [0.1, 0.15) is 29.7 Å². The van der Waals surface area contributed by atoms with E-state index in [0.717, 1.165) is 22.4 Å². The lowest BCUT2D eigenvalue weighted by Crippen LogP contribution is -2.21. The van der Waals surface area contributed by atoms with Gasteiger partial charge in [-0.2, -0.15) is 5.26 Å². The zero-order valence-electron chi connectivity index (χ0n) is 20.6. The minimum Gasteiger partial charge on any atom is -0.496 e. The van der Waals surface area contributed by atoms with Crippen molar-refractivity contribution in [1.82, 2.24) is 10.2 Å². The van der Waals surface area contributed by atoms with Crippen LogP contribution in [0.4, 0.5) is 0 Å². The highest BCUT2D eigenvalue weighted by Crippen LogP contribution is 2.43. The number of nitriles is 1. The molecule has 0 amide bonds. The maximum absolute atomic E-state index is 12.1. The normalized spacial score (nSPS) is 14.6. The van der Waals surface area contributed by atoms with Crippen molar-refractivity contribution in [2.24, 2.45) is 11.7 Å². The SMILES string of the molecule is COc1ccc(C2C(C#N)=C(N)Oc3n[nH]c(C)c32)cc1COc1ccc(C(=O)OCC(C)C)cc1. The molecule has 36 heavy (non-hydrogen) atoms. The van der Waals surface area contributed by atoms with E-state index in [1.165, 1.54) is 0 Å². The van der Waals surface area contributed by atoms with Crippen molar-refractivity contribution in [3.8, 4) is 23.4 Å². The molecule has 9 heteroatoms. The Morgan fingerprint density at radius 1 is 1.25 bits per heavy atom. The van der Waals surface area contributed by atoms with Crippen LogP contribution in [0.25, 0.3) is 0 Å². The number of ether oxygens (including phenoxy) is 4. The summed E-state index contributed by atoms with van der Waals surface area (Å²) in [5.74, 6) is 1.07. The second-order valence-electron chi connectivity index (χ2n) is 8.87. The van der Waals surface area contributed by atoms with Crippen LogP contribution in [0, 0.1) is 24.2 Å². The molecule has 1 unspecified atom stereocenters. The summed E-state index contributed by atoms with van der Waals surface area (Å²) in [7, 11) is 1.58. The van der Waals surface area contributed by atoms with E-state index in [1.54, 1.807) is 31.4 Å². The summed E-state index contributed by atoms with van der Waals surface area (Å²) in [6.07, 6.45) is 0. The van der Waals surface area contributed by atoms with Crippen molar-refractivity contribution in [1.29, 1.82) is 5.26 Å². The number of aromatic amines is 1. The number of allylic oxidation sites excluding steroid dienone is 1. The van der Waals surface area contributed by atoms with E-state index in [9.17, 15) is 10.1 Å². The monoisotopic (exact) mass is 488 g/mol. The first-order valence-electron chi connectivity index (χ1n) is 11.5. The summed E-state index contributed by atoms with van der Waals surface area (Å²) in [5, 5.41) is 16.9. The lowest BCUT2D eigenvalue weighted by Gasteiger charge is -2.24. The predicted molar refractivity (Wildman–Crippen MR) is 132 cm³/mol. The van der Waals surface area contributed by atoms with E-state index in [0.29, 0.717) is 35.1 Å². The molecule has 3 aromatic rings. The third-order valence-electron chi connectivity index (χ3n) is 5.80. The molecule has 4 rings (SSSR count). The number of rotatable bonds is 8. The zero-order chi connectivity index (χ0) is 25.8. The molecule has 9 nitrogen and oxygen atoms in total. The van der Waals surface area contributed by atoms with Gasteiger partial charge in [-0.1, -0.05) is 19.9 Å². The van der Waals surface area contributed by atoms with E-state index in [2.05, 4.69) is 16.3 Å². The van der Waals surface area contributed by atoms with E-state index in [-0.39, 0.29) is 24.4 Å². The van der Waals surface area contributed by atoms with Gasteiger partial charge < -0.3 is 24.7 Å². The molecule has 0 aliphatic carbocycles. The first-order valence-corrected chi connectivity index (χ1v) is 11.5. The fraction of sp³-hybridized carbons (Fsp3) is 0.296. The molecule has 0 radical (unpaired) electrons. The molecule has 0 spiro atoms. The Labute approximate surface area is 209 Å². The molecule has 2 heterocycles. The van der Waals surface area contributed by atoms with Gasteiger partial charge in [-0.25, -0.2) is 4.79 Å². The van der Waals surface area contributed by atoms with Crippen LogP contribution >= 0.6 is 0 Å². The van der Waals surface area contributed by atoms with Crippen molar-refractivity contribution < 1.29 is 23.7 Å². The highest BCUT2D eigenvalue weighted by molar-refractivity contribution is 5.89. The number of fused-ring (bicyclic) bond motifs is 1. The number of methoxy groups -OCH3 is 1. The van der Waals surface area contributed by atoms with E-state index in [4.69, 9.17) is 24.7 Å². The van der Waals surface area contributed by atoms with Crippen LogP contribution in [0.3, 0.4) is 0 Å². The average molecular weight is 489 g/mol. The third-order valence-corrected chi connectivity index (χ3v) is 5.80. The largest absolute Gasteiger partial charge is 0.496 e. The molecule has 0 bridgehead atoms. The molecule has 0 saturated heterocycles. The molecular weight excluding hydrogens is 460 g/mol. The Morgan fingerprint density at radius 2 is 2.00 bits per heavy atom. The van der Waals surface area contributed by atoms with E-state index >= 15 is 0 Å². The van der Waals surface area contributed by atoms with Crippen LogP contribution in [0.15, 0.2) is 53.9 Å². The third kappa shape index (κ3) is 4.98. The number of nitrogens with two attached hydrogens (primary N) is 1. The van der Waals surface area contributed by atoms with Gasteiger partial charge >= 0.3 is 5.97 Å². The van der Waals surface area contributed by atoms with Gasteiger partial charge in [0.15, 0.2) is 0 Å². The second kappa shape index (κ2) is 10.4. The Hall–Kier alpha value is -4.45. The molecule has 1 aliphatic heterocycles. The molecular formula is C27H28N4O5. The number of hydrogen-bond acceptors (Lipinski definition) is 8. The quantitative estimate of drug-likeness (QED) is 0.448. The molecule has 1 atom stereocenters. The summed E-state index contributed by atoms with van der Waals surface area (Å²) >= 11 is 0. The number of aryl methyl sites for hydroxylation is 1. The highest BCUT2D eigenvalue weighted by atomic mass is 16.5. The average Bonchev–Trinajstić information content (AvgIpc) is 3.24. The smallest absolute Gasteiger partial charge is 0.338 e. The number of H-pyrrole nitrogens is 1. The molecule has 2 aromatic carbocycles. The van der Waals surface area contributed by atoms with Crippen molar-refractivity contribution in [3.05, 3.63) is 81.9 Å². The van der Waals surface area contributed by atoms with Crippen LogP contribution in [0.2, 0.25) is 0 Å². The number of nitrogens with zero attached hydrogens (tertiary/aromatic N) is 2. The van der Waals surface area contributed by atoms with Crippen LogP contribution in [-0.2, 0) is 11.3 Å². The van der Waals surface area contributed by atoms with Gasteiger partial charge in [-0.05, 0) is 54.8 Å². The number of benzene rings is 2. The van der Waals surface area contributed by atoms with Gasteiger partial charge in [0.05, 0.1) is 25.2 Å². The fourth-order valence-electron chi connectivity index (χ4n) is 4.00. The topological polar surface area (TPSA) is 132 Å². The van der Waals surface area contributed by atoms with Gasteiger partial charge in [-0.15, -0.1) is 5.10 Å². The van der Waals surface area contributed by atoms with Crippen LogP contribution < -0.4 is 19.9 Å². The molecule has 3 N–H and O–H groups in total. The highest BCUT2D eigenvalue weighted by Gasteiger charge is 2.34. The maximum atomic E-state index is 12.1. The number of carbonyl (C=O) groups excluding carboxylic acids is 1. The van der Waals surface area contributed by atoms with Crippen LogP contribution in [0.5, 0.6) is 17.4 Å². The first-order chi connectivity index (χ1) is 17.3. The number of esters is 1. The van der Waals surface area contributed by atoms with Gasteiger partial charge in [0, 0.05) is 16.8 Å². The lowest BCUT2D eigenvalue weighted by atomic mass is 9.83. The maximum Gasteiger partial charge on any atom is 0.338 e. The zero-order valence-corrected chi connectivity index (χ0v) is 20.6. The molecule has 1 aliphatic rings. The van der Waals surface area contributed by atoms with Gasteiger partial charge in [0.25, 0.3) is 0 Å². The van der Waals surface area contributed by atoms with Crippen molar-refractivity contribution in [2.75, 3.05) is 13.7 Å². The number of nitrogens with one attached hydrogen (secondary N) is 1. The summed E-state index contributed by atoms with van der Waals surface area (Å²) in [6, 6.07) is 14.6. The standard InChI is InChI=1S/C27H28N4O5/c1-15(2)13-35-27(32)17-5-8-20(9-6-17)34-14-19-11-18(7-10-22(19)33-4)24-21(12-28)25(29)36-26-23(24)16(3)30-31-26/h5-11,15,24H,13-14,29H2,1-4H3,(H,30,31). The van der Waals surface area contributed by atoms with E-state index < -0.39 is 5.92 Å². The molecule has 186 valence electrons. The Bertz CT molecular complexity index is 1340. The van der Waals surface area contributed by atoms with Crippen LogP contribution in [-0.4, -0.2) is 29.9 Å². The Morgan fingerprint density at radius 3 is 2.67 bits per heavy atom. The minimum absolute atomic E-state index is 0.0297. The summed E-state index contributed by atoms with van der Waals surface area (Å²) in [6.45, 7) is 6.41. The number of carbonyl (C=O) groups is 1. The summed E-state index contributed by atoms with van der Waals surface area (Å²) in [5.41, 5.74) is 9.96. The lowest BCUT2D eigenvalue weighted by molar-refractivity contribution is 0.0459. The fourth-order valence-corrected chi connectivity index (χ4v) is 4.00. The number of aromatic nitrogens is 2. The van der Waals surface area contributed by atoms with Crippen molar-refractivity contribution in [3.63, 3.8) is 0 Å². The van der Waals surface area contributed by atoms with Crippen molar-refractivity contribution >= 4 is 5.97 Å². The first kappa shape index (κ1) is 24.7. The molecule has 0 fully saturated rings.